The molecule has 0 aliphatic heterocycles. The number of carbonyl (C=O) groups is 1. The second kappa shape index (κ2) is 6.70. The molecule has 1 amide bonds. The number of nitrogens with one attached hydrogen (secondary N) is 1. The first-order chi connectivity index (χ1) is 10.7. The molecule has 3 rings (SSSR count). The minimum Gasteiger partial charge on any atom is -0.327 e. The minimum atomic E-state index is -0.00323. The molecule has 6 nitrogen and oxygen atoms in total. The van der Waals surface area contributed by atoms with Crippen molar-refractivity contribution in [1.29, 1.82) is 0 Å². The van der Waals surface area contributed by atoms with Gasteiger partial charge in [0.1, 0.15) is 0 Å². The molecule has 6 heteroatoms. The minimum absolute atomic E-state index is 0.00323. The molecule has 116 valence electrons. The molecule has 0 aromatic carbocycles. The fourth-order valence-corrected chi connectivity index (χ4v) is 2.94. The van der Waals surface area contributed by atoms with Crippen molar-refractivity contribution in [1.82, 2.24) is 14.8 Å². The van der Waals surface area contributed by atoms with Crippen LogP contribution in [0.3, 0.4) is 0 Å². The molecule has 22 heavy (non-hydrogen) atoms. The molecule has 1 saturated carbocycles. The van der Waals surface area contributed by atoms with E-state index < -0.39 is 0 Å². The van der Waals surface area contributed by atoms with Crippen LogP contribution in [-0.2, 0) is 11.3 Å². The lowest BCUT2D eigenvalue weighted by Crippen LogP contribution is -2.28. The third kappa shape index (κ3) is 3.71. The first kappa shape index (κ1) is 14.7. The Morgan fingerprint density at radius 2 is 2.14 bits per heavy atom. The van der Waals surface area contributed by atoms with Gasteiger partial charge >= 0.3 is 0 Å². The van der Waals surface area contributed by atoms with Crippen molar-refractivity contribution in [2.24, 2.45) is 11.7 Å². The molecule has 2 atom stereocenters. The highest BCUT2D eigenvalue weighted by molar-refractivity contribution is 5.89. The van der Waals surface area contributed by atoms with E-state index in [4.69, 9.17) is 5.73 Å². The summed E-state index contributed by atoms with van der Waals surface area (Å²) in [7, 11) is 0. The van der Waals surface area contributed by atoms with Gasteiger partial charge in [0.25, 0.3) is 0 Å². The number of hydrogen-bond donors (Lipinski definition) is 2. The van der Waals surface area contributed by atoms with Gasteiger partial charge in [-0.3, -0.25) is 14.5 Å². The Kier molecular flexibility index (Phi) is 4.48. The van der Waals surface area contributed by atoms with E-state index >= 15 is 0 Å². The average molecular weight is 299 g/mol. The highest BCUT2D eigenvalue weighted by Crippen LogP contribution is 2.27. The maximum atomic E-state index is 12.1. The highest BCUT2D eigenvalue weighted by Gasteiger charge is 2.26. The lowest BCUT2D eigenvalue weighted by atomic mass is 10.00. The number of nitrogens with two attached hydrogens (primary N) is 1. The summed E-state index contributed by atoms with van der Waals surface area (Å²) < 4.78 is 1.80. The topological polar surface area (TPSA) is 85.8 Å². The summed E-state index contributed by atoms with van der Waals surface area (Å²) in [5.41, 5.74) is 7.12. The van der Waals surface area contributed by atoms with E-state index in [-0.39, 0.29) is 11.9 Å². The van der Waals surface area contributed by atoms with Crippen LogP contribution in [0.15, 0.2) is 36.8 Å². The maximum absolute atomic E-state index is 12.1. The Hall–Kier alpha value is -2.21. The number of hydrogen-bond acceptors (Lipinski definition) is 4. The molecule has 1 aliphatic carbocycles. The Balaban J connectivity index is 1.54. The molecular formula is C16H21N5O. The summed E-state index contributed by atoms with van der Waals surface area (Å²) >= 11 is 0. The number of nitrogens with zero attached hydrogens (tertiary/aromatic N) is 3. The second-order valence-electron chi connectivity index (χ2n) is 5.86. The first-order valence-corrected chi connectivity index (χ1v) is 7.68. The van der Waals surface area contributed by atoms with E-state index in [2.05, 4.69) is 15.4 Å². The van der Waals surface area contributed by atoms with Crippen molar-refractivity contribution in [2.45, 2.75) is 38.3 Å². The Morgan fingerprint density at radius 1 is 1.32 bits per heavy atom. The molecule has 0 radical (unpaired) electrons. The normalized spacial score (nSPS) is 21.0. The number of rotatable bonds is 5. The zero-order valence-corrected chi connectivity index (χ0v) is 12.5. The molecular weight excluding hydrogens is 278 g/mol. The van der Waals surface area contributed by atoms with E-state index in [9.17, 15) is 4.79 Å². The number of aromatic nitrogens is 3. The average Bonchev–Trinajstić information content (AvgIpc) is 3.10. The van der Waals surface area contributed by atoms with Gasteiger partial charge in [0.2, 0.25) is 5.91 Å². The predicted octanol–water partition coefficient (Wildman–Crippen LogP) is 1.78. The highest BCUT2D eigenvalue weighted by atomic mass is 16.1. The zero-order chi connectivity index (χ0) is 15.4. The van der Waals surface area contributed by atoms with Crippen molar-refractivity contribution in [3.8, 4) is 0 Å². The van der Waals surface area contributed by atoms with Gasteiger partial charge in [-0.25, -0.2) is 0 Å². The smallest absolute Gasteiger partial charge is 0.225 e. The number of amides is 1. The van der Waals surface area contributed by atoms with Gasteiger partial charge in [-0.05, 0) is 36.5 Å². The molecule has 2 heterocycles. The molecule has 0 saturated heterocycles. The third-order valence-corrected chi connectivity index (χ3v) is 4.17. The zero-order valence-electron chi connectivity index (χ0n) is 12.5. The van der Waals surface area contributed by atoms with E-state index in [0.717, 1.165) is 24.8 Å². The van der Waals surface area contributed by atoms with Crippen LogP contribution in [0, 0.1) is 5.92 Å². The fourth-order valence-electron chi connectivity index (χ4n) is 2.94. The summed E-state index contributed by atoms with van der Waals surface area (Å²) in [6.07, 6.45) is 9.05. The van der Waals surface area contributed by atoms with Gasteiger partial charge in [-0.2, -0.15) is 5.10 Å². The summed E-state index contributed by atoms with van der Waals surface area (Å²) in [6, 6.07) is 5.87. The van der Waals surface area contributed by atoms with Crippen LogP contribution >= 0.6 is 0 Å². The van der Waals surface area contributed by atoms with Crippen LogP contribution in [0.1, 0.15) is 31.2 Å². The largest absolute Gasteiger partial charge is 0.327 e. The van der Waals surface area contributed by atoms with Crippen LogP contribution in [0.5, 0.6) is 0 Å². The van der Waals surface area contributed by atoms with Crippen LogP contribution in [-0.4, -0.2) is 26.7 Å². The summed E-state index contributed by atoms with van der Waals surface area (Å²) in [5, 5.41) is 7.23. The Bertz CT molecular complexity index is 624. The maximum Gasteiger partial charge on any atom is 0.225 e. The molecule has 1 fully saturated rings. The summed E-state index contributed by atoms with van der Waals surface area (Å²) in [5.74, 6) is 0.890. The number of pyridine rings is 1. The molecule has 0 bridgehead atoms. The van der Waals surface area contributed by atoms with Crippen molar-refractivity contribution in [2.75, 3.05) is 5.32 Å². The van der Waals surface area contributed by atoms with Crippen LogP contribution < -0.4 is 11.1 Å². The first-order valence-electron chi connectivity index (χ1n) is 7.68. The molecule has 1 aliphatic rings. The lowest BCUT2D eigenvalue weighted by Gasteiger charge is -2.13. The SMILES string of the molecule is N[C@@H]1CCC[C@H]1CC(=O)Nc1ccn(Cc2ccncc2)n1. The quantitative estimate of drug-likeness (QED) is 0.881. The van der Waals surface area contributed by atoms with E-state index in [1.807, 2.05) is 24.4 Å². The molecule has 0 unspecified atom stereocenters. The predicted molar refractivity (Wildman–Crippen MR) is 84.1 cm³/mol. The molecule has 2 aromatic rings. The number of carbonyl (C=O) groups excluding carboxylic acids is 1. The summed E-state index contributed by atoms with van der Waals surface area (Å²) in [4.78, 5) is 16.0. The van der Waals surface area contributed by atoms with Crippen molar-refractivity contribution in [3.63, 3.8) is 0 Å². The van der Waals surface area contributed by atoms with Gasteiger partial charge in [0.15, 0.2) is 5.82 Å². The van der Waals surface area contributed by atoms with Gasteiger partial charge < -0.3 is 11.1 Å². The molecule has 0 spiro atoms. The van der Waals surface area contributed by atoms with E-state index in [1.165, 1.54) is 0 Å². The third-order valence-electron chi connectivity index (χ3n) is 4.17. The summed E-state index contributed by atoms with van der Waals surface area (Å²) in [6.45, 7) is 0.659. The Morgan fingerprint density at radius 3 is 2.86 bits per heavy atom. The van der Waals surface area contributed by atoms with Gasteiger partial charge in [-0.15, -0.1) is 0 Å². The van der Waals surface area contributed by atoms with Gasteiger partial charge in [0, 0.05) is 37.1 Å². The standard InChI is InChI=1S/C16H21N5O/c17-14-3-1-2-13(14)10-16(22)19-15-6-9-21(20-15)11-12-4-7-18-8-5-12/h4-9,13-14H,1-3,10-11,17H2,(H,19,20,22)/t13-,14+/m0/s1. The van der Waals surface area contributed by atoms with Crippen LogP contribution in [0.2, 0.25) is 0 Å². The lowest BCUT2D eigenvalue weighted by molar-refractivity contribution is -0.117. The van der Waals surface area contributed by atoms with E-state index in [0.29, 0.717) is 24.7 Å². The van der Waals surface area contributed by atoms with Crippen molar-refractivity contribution in [3.05, 3.63) is 42.4 Å². The number of anilines is 1. The van der Waals surface area contributed by atoms with Gasteiger partial charge in [0.05, 0.1) is 6.54 Å². The molecule has 3 N–H and O–H groups in total. The van der Waals surface area contributed by atoms with Crippen molar-refractivity contribution < 1.29 is 4.79 Å². The van der Waals surface area contributed by atoms with Crippen LogP contribution in [0.25, 0.3) is 0 Å². The van der Waals surface area contributed by atoms with E-state index in [1.54, 1.807) is 17.1 Å². The monoisotopic (exact) mass is 299 g/mol. The van der Waals surface area contributed by atoms with Crippen molar-refractivity contribution >= 4 is 11.7 Å². The fraction of sp³-hybridized carbons (Fsp3) is 0.438. The second-order valence-corrected chi connectivity index (χ2v) is 5.86. The van der Waals surface area contributed by atoms with Gasteiger partial charge in [-0.1, -0.05) is 6.42 Å². The van der Waals surface area contributed by atoms with Crippen LogP contribution in [0.4, 0.5) is 5.82 Å². The molecule has 2 aromatic heterocycles. The Labute approximate surface area is 129 Å².